The number of benzene rings is 3. The second kappa shape index (κ2) is 9.17. The van der Waals surface area contributed by atoms with Gasteiger partial charge in [-0.2, -0.15) is 23.4 Å². The summed E-state index contributed by atoms with van der Waals surface area (Å²) in [5, 5.41) is 42.0. The van der Waals surface area contributed by atoms with Crippen molar-refractivity contribution in [3.63, 3.8) is 0 Å². The summed E-state index contributed by atoms with van der Waals surface area (Å²) in [4.78, 5) is 21.0. The molecule has 15 nitrogen and oxygen atoms in total. The minimum atomic E-state index is -4.66. The van der Waals surface area contributed by atoms with Crippen molar-refractivity contribution >= 4 is 67.1 Å². The Bertz CT molecular complexity index is 1660. The summed E-state index contributed by atoms with van der Waals surface area (Å²) in [7, 11) is -4.66. The number of non-ortho nitro benzene ring substituents is 1. The zero-order chi connectivity index (χ0) is 26.2. The number of nitrogens with zero attached hydrogens (tertiary/aromatic N) is 6. The summed E-state index contributed by atoms with van der Waals surface area (Å²) in [6.45, 7) is 0. The second-order valence-electron chi connectivity index (χ2n) is 7.02. The lowest BCUT2D eigenvalue weighted by atomic mass is 10.1. The highest BCUT2D eigenvalue weighted by molar-refractivity contribution is 7.85. The molecule has 0 bridgehead atoms. The number of anilines is 3. The van der Waals surface area contributed by atoms with E-state index in [2.05, 4.69) is 30.5 Å². The van der Waals surface area contributed by atoms with Crippen LogP contribution in [-0.4, -0.2) is 43.1 Å². The molecule has 6 N–H and O–H groups in total. The van der Waals surface area contributed by atoms with E-state index in [1.807, 2.05) is 0 Å². The number of phenols is 2. The van der Waals surface area contributed by atoms with Crippen LogP contribution in [0.25, 0.3) is 10.8 Å². The summed E-state index contributed by atoms with van der Waals surface area (Å²) < 4.78 is 33.1. The van der Waals surface area contributed by atoms with E-state index in [0.717, 1.165) is 30.3 Å². The van der Waals surface area contributed by atoms with Gasteiger partial charge >= 0.3 is 0 Å². The summed E-state index contributed by atoms with van der Waals surface area (Å²) in [6.07, 6.45) is 0. The zero-order valence-corrected chi connectivity index (χ0v) is 19.1. The third kappa shape index (κ3) is 5.04. The average Bonchev–Trinajstić information content (AvgIpc) is 2.78. The number of nitrogen functional groups attached to an aromatic ring is 1. The van der Waals surface area contributed by atoms with Crippen LogP contribution in [0.5, 0.6) is 11.5 Å². The number of rotatable bonds is 6. The number of hydrogen-bond donors (Lipinski definition) is 5. The molecule has 184 valence electrons. The molecule has 0 spiro atoms. The minimum absolute atomic E-state index is 0.0113. The van der Waals surface area contributed by atoms with Crippen LogP contribution in [0.4, 0.5) is 34.6 Å². The van der Waals surface area contributed by atoms with E-state index in [9.17, 15) is 33.3 Å². The van der Waals surface area contributed by atoms with E-state index in [4.69, 9.17) is 17.3 Å². The first-order valence-corrected chi connectivity index (χ1v) is 11.3. The van der Waals surface area contributed by atoms with Crippen LogP contribution in [-0.2, 0) is 10.1 Å². The van der Waals surface area contributed by atoms with Crippen LogP contribution in [0.3, 0.4) is 0 Å². The van der Waals surface area contributed by atoms with E-state index in [1.54, 1.807) is 0 Å². The molecule has 3 aromatic carbocycles. The van der Waals surface area contributed by atoms with Crippen molar-refractivity contribution in [2.75, 3.05) is 11.1 Å². The van der Waals surface area contributed by atoms with Crippen molar-refractivity contribution in [2.45, 2.75) is 4.90 Å². The zero-order valence-electron chi connectivity index (χ0n) is 17.6. The fourth-order valence-electron chi connectivity index (χ4n) is 3.09. The summed E-state index contributed by atoms with van der Waals surface area (Å²) in [5.41, 5.74) is 4.74. The van der Waals surface area contributed by atoms with Crippen LogP contribution in [0.2, 0.25) is 5.28 Å². The van der Waals surface area contributed by atoms with E-state index in [0.29, 0.717) is 0 Å². The van der Waals surface area contributed by atoms with E-state index < -0.39 is 31.4 Å². The lowest BCUT2D eigenvalue weighted by Gasteiger charge is -2.13. The Hall–Kier alpha value is -4.67. The number of nitro groups is 1. The van der Waals surface area contributed by atoms with Gasteiger partial charge in [-0.25, -0.2) is 0 Å². The highest BCUT2D eigenvalue weighted by Crippen LogP contribution is 2.42. The van der Waals surface area contributed by atoms with Gasteiger partial charge in [0.2, 0.25) is 17.2 Å². The predicted octanol–water partition coefficient (Wildman–Crippen LogP) is 3.99. The third-order valence-electron chi connectivity index (χ3n) is 4.65. The molecule has 0 aliphatic heterocycles. The number of phenolic OH excluding ortho intramolecular Hbond substituents is 2. The van der Waals surface area contributed by atoms with E-state index in [1.165, 1.54) is 12.1 Å². The van der Waals surface area contributed by atoms with Gasteiger partial charge in [-0.1, -0.05) is 6.07 Å². The highest BCUT2D eigenvalue weighted by atomic mass is 35.5. The minimum Gasteiger partial charge on any atom is -0.506 e. The normalized spacial score (nSPS) is 11.7. The van der Waals surface area contributed by atoms with Crippen molar-refractivity contribution in [1.82, 2.24) is 15.0 Å². The first kappa shape index (κ1) is 24.5. The van der Waals surface area contributed by atoms with Crippen molar-refractivity contribution < 1.29 is 28.1 Å². The maximum Gasteiger partial charge on any atom is 0.294 e. The quantitative estimate of drug-likeness (QED) is 0.102. The SMILES string of the molecule is Nc1nc(Cl)nc(Nc2cc(S(=O)(=O)O)cc3ccc(N=Nc4cc([N+](=O)[O-])ccc4O)c(O)c23)n1. The summed E-state index contributed by atoms with van der Waals surface area (Å²) >= 11 is 5.78. The van der Waals surface area contributed by atoms with Gasteiger partial charge in [0.1, 0.15) is 17.1 Å². The van der Waals surface area contributed by atoms with Gasteiger partial charge in [0.15, 0.2) is 5.75 Å². The Morgan fingerprint density at radius 2 is 1.75 bits per heavy atom. The van der Waals surface area contributed by atoms with Crippen molar-refractivity contribution in [1.29, 1.82) is 0 Å². The molecular formula is C19H13ClN8O7S. The Kier molecular flexibility index (Phi) is 6.23. The van der Waals surface area contributed by atoms with Gasteiger partial charge in [0.05, 0.1) is 15.5 Å². The third-order valence-corrected chi connectivity index (χ3v) is 5.65. The number of halogens is 1. The van der Waals surface area contributed by atoms with Crippen LogP contribution >= 0.6 is 11.6 Å². The lowest BCUT2D eigenvalue weighted by molar-refractivity contribution is -0.384. The lowest BCUT2D eigenvalue weighted by Crippen LogP contribution is -2.05. The molecule has 4 rings (SSSR count). The van der Waals surface area contributed by atoms with Crippen LogP contribution in [0, 0.1) is 10.1 Å². The molecular weight excluding hydrogens is 520 g/mol. The summed E-state index contributed by atoms with van der Waals surface area (Å²) in [5.74, 6) is -1.34. The number of azo groups is 1. The molecule has 4 aromatic rings. The number of fused-ring (bicyclic) bond motifs is 1. The Balaban J connectivity index is 1.87. The topological polar surface area (TPSA) is 239 Å². The van der Waals surface area contributed by atoms with Gasteiger partial charge in [0, 0.05) is 17.5 Å². The molecule has 0 amide bonds. The Morgan fingerprint density at radius 3 is 2.42 bits per heavy atom. The maximum absolute atomic E-state index is 11.8. The average molecular weight is 533 g/mol. The molecule has 0 saturated carbocycles. The fraction of sp³-hybridized carbons (Fsp3) is 0. The van der Waals surface area contributed by atoms with Gasteiger partial charge < -0.3 is 21.3 Å². The molecule has 0 aliphatic carbocycles. The summed E-state index contributed by atoms with van der Waals surface area (Å²) in [6, 6.07) is 7.85. The van der Waals surface area contributed by atoms with Crippen LogP contribution in [0.15, 0.2) is 57.6 Å². The molecule has 0 unspecified atom stereocenters. The molecule has 0 fully saturated rings. The smallest absolute Gasteiger partial charge is 0.294 e. The van der Waals surface area contributed by atoms with Gasteiger partial charge in [-0.3, -0.25) is 14.7 Å². The Labute approximate surface area is 205 Å². The first-order valence-electron chi connectivity index (χ1n) is 9.53. The van der Waals surface area contributed by atoms with Crippen molar-refractivity contribution in [3.8, 4) is 11.5 Å². The highest BCUT2D eigenvalue weighted by Gasteiger charge is 2.19. The molecule has 1 heterocycles. The fourth-order valence-corrected chi connectivity index (χ4v) is 3.80. The predicted molar refractivity (Wildman–Crippen MR) is 127 cm³/mol. The second-order valence-corrected chi connectivity index (χ2v) is 8.78. The van der Waals surface area contributed by atoms with Gasteiger partial charge in [-0.05, 0) is 41.3 Å². The van der Waals surface area contributed by atoms with E-state index in [-0.39, 0.29) is 50.7 Å². The maximum atomic E-state index is 11.8. The molecule has 0 saturated heterocycles. The molecule has 1 aromatic heterocycles. The standard InChI is InChI=1S/C19H13ClN8O7S/c20-17-23-18(21)25-19(24-17)22-13-7-10(36(33,34)35)5-8-1-3-11(16(30)15(8)13)26-27-12-6-9(28(31)32)2-4-14(12)29/h1-7,29-30H,(H,33,34,35)(H3,21,22,23,24,25). The van der Waals surface area contributed by atoms with Crippen LogP contribution in [0.1, 0.15) is 0 Å². The number of aromatic nitrogens is 3. The number of aromatic hydroxyl groups is 2. The molecule has 0 radical (unpaired) electrons. The molecule has 0 atom stereocenters. The monoisotopic (exact) mass is 532 g/mol. The van der Waals surface area contributed by atoms with Gasteiger partial charge in [-0.15, -0.1) is 10.2 Å². The van der Waals surface area contributed by atoms with E-state index >= 15 is 0 Å². The first-order chi connectivity index (χ1) is 16.9. The number of nitrogens with two attached hydrogens (primary N) is 1. The van der Waals surface area contributed by atoms with Crippen molar-refractivity contribution in [2.24, 2.45) is 10.2 Å². The van der Waals surface area contributed by atoms with Gasteiger partial charge in [0.25, 0.3) is 15.8 Å². The van der Waals surface area contributed by atoms with Crippen LogP contribution < -0.4 is 11.1 Å². The molecule has 0 aliphatic rings. The number of hydrogen-bond acceptors (Lipinski definition) is 13. The number of nitro benzene ring substituents is 1. The largest absolute Gasteiger partial charge is 0.506 e. The molecule has 17 heteroatoms. The van der Waals surface area contributed by atoms with Crippen molar-refractivity contribution in [3.05, 3.63) is 57.9 Å². The Morgan fingerprint density at radius 1 is 1.03 bits per heavy atom. The number of nitrogens with one attached hydrogen (secondary N) is 1. The molecule has 36 heavy (non-hydrogen) atoms.